The summed E-state index contributed by atoms with van der Waals surface area (Å²) in [7, 11) is 0. The number of nitrogens with zero attached hydrogens (tertiary/aromatic N) is 4. The number of para-hydroxylation sites is 3. The Morgan fingerprint density at radius 3 is 2.02 bits per heavy atom. The fraction of sp³-hybridized carbons (Fsp3) is 0.0222. The fourth-order valence-electron chi connectivity index (χ4n) is 7.64. The molecule has 236 valence electrons. The van der Waals surface area contributed by atoms with E-state index in [0.717, 1.165) is 88.7 Å². The molecule has 5 heteroatoms. The predicted molar refractivity (Wildman–Crippen MR) is 207 cm³/mol. The van der Waals surface area contributed by atoms with Crippen LogP contribution in [0.15, 0.2) is 164 Å². The van der Waals surface area contributed by atoms with Crippen LogP contribution >= 0.6 is 0 Å². The third-order valence-electron chi connectivity index (χ3n) is 9.82. The Hall–Kier alpha value is -6.72. The van der Waals surface area contributed by atoms with Crippen LogP contribution in [0.1, 0.15) is 6.92 Å². The van der Waals surface area contributed by atoms with Crippen molar-refractivity contribution in [2.45, 2.75) is 6.92 Å². The second kappa shape index (κ2) is 10.9. The average Bonchev–Trinajstić information content (AvgIpc) is 3.69. The number of benzene rings is 6. The van der Waals surface area contributed by atoms with E-state index < -0.39 is 0 Å². The molecule has 0 amide bonds. The quantitative estimate of drug-likeness (QED) is 0.188. The van der Waals surface area contributed by atoms with Gasteiger partial charge in [-0.2, -0.15) is 0 Å². The first-order valence-electron chi connectivity index (χ1n) is 16.8. The zero-order chi connectivity index (χ0) is 33.3. The van der Waals surface area contributed by atoms with Crippen molar-refractivity contribution in [2.24, 2.45) is 0 Å². The maximum Gasteiger partial charge on any atom is 0.235 e. The molecule has 6 aromatic carbocycles. The second-order valence-corrected chi connectivity index (χ2v) is 12.6. The zero-order valence-corrected chi connectivity index (χ0v) is 27.3. The molecule has 50 heavy (non-hydrogen) atoms. The van der Waals surface area contributed by atoms with Crippen LogP contribution in [0, 0.1) is 0 Å². The lowest BCUT2D eigenvalue weighted by Gasteiger charge is -2.21. The number of fused-ring (bicyclic) bond motifs is 7. The second-order valence-electron chi connectivity index (χ2n) is 12.6. The molecule has 0 unspecified atom stereocenters. The highest BCUT2D eigenvalue weighted by molar-refractivity contribution is 6.15. The van der Waals surface area contributed by atoms with E-state index in [1.807, 2.05) is 37.3 Å². The van der Waals surface area contributed by atoms with Crippen molar-refractivity contribution in [3.8, 4) is 34.1 Å². The summed E-state index contributed by atoms with van der Waals surface area (Å²) in [5.41, 5.74) is 10.5. The van der Waals surface area contributed by atoms with Gasteiger partial charge in [-0.25, -0.2) is 9.97 Å². The standard InChI is InChI=1S/C45H30N4O/c1-3-13-40-41(4-2)50-42-21-12-18-32-35-27-30(22-24-38(35)48(40)44(32)42)29-23-25-39-34(26-29)31-16-9-11-20-37(31)49(39)45-46-36-19-10-8-17-33(36)43(47-45)28-14-6-5-7-15-28/h3-27H,2H2,1H3/b13-3-. The van der Waals surface area contributed by atoms with Gasteiger partial charge in [0, 0.05) is 32.5 Å². The Morgan fingerprint density at radius 2 is 1.24 bits per heavy atom. The van der Waals surface area contributed by atoms with Gasteiger partial charge in [-0.1, -0.05) is 104 Å². The van der Waals surface area contributed by atoms with E-state index in [-0.39, 0.29) is 0 Å². The summed E-state index contributed by atoms with van der Waals surface area (Å²) in [4.78, 5) is 10.4. The summed E-state index contributed by atoms with van der Waals surface area (Å²) in [5, 5.41) is 5.68. The third kappa shape index (κ3) is 4.07. The molecule has 0 radical (unpaired) electrons. The van der Waals surface area contributed by atoms with E-state index in [1.54, 1.807) is 6.08 Å². The Balaban J connectivity index is 1.18. The van der Waals surface area contributed by atoms with Gasteiger partial charge < -0.3 is 9.30 Å². The monoisotopic (exact) mass is 642 g/mol. The maximum atomic E-state index is 6.32. The van der Waals surface area contributed by atoms with Gasteiger partial charge in [0.15, 0.2) is 11.5 Å². The molecule has 3 aromatic heterocycles. The number of rotatable bonds is 5. The first-order valence-corrected chi connectivity index (χ1v) is 16.8. The van der Waals surface area contributed by atoms with Crippen LogP contribution in [-0.2, 0) is 0 Å². The molecule has 1 aliphatic rings. The molecule has 1 aliphatic heterocycles. The molecular weight excluding hydrogens is 613 g/mol. The van der Waals surface area contributed by atoms with Crippen molar-refractivity contribution in [1.82, 2.24) is 19.1 Å². The molecule has 0 atom stereocenters. The van der Waals surface area contributed by atoms with Crippen LogP contribution in [0.3, 0.4) is 0 Å². The highest BCUT2D eigenvalue weighted by Crippen LogP contribution is 2.44. The lowest BCUT2D eigenvalue weighted by atomic mass is 10.0. The maximum absolute atomic E-state index is 6.32. The van der Waals surface area contributed by atoms with E-state index in [2.05, 4.69) is 131 Å². The van der Waals surface area contributed by atoms with Crippen LogP contribution < -0.4 is 4.74 Å². The number of hydrogen-bond donors (Lipinski definition) is 0. The number of hydrogen-bond acceptors (Lipinski definition) is 3. The van der Waals surface area contributed by atoms with Crippen molar-refractivity contribution < 1.29 is 4.74 Å². The van der Waals surface area contributed by atoms with E-state index in [0.29, 0.717) is 5.95 Å². The molecule has 0 aliphatic carbocycles. The minimum atomic E-state index is 0.656. The SMILES string of the molecule is C=CC1=C(/C=C\C)n2c3ccc(-c4ccc5c(c4)c4ccccc4n5-c4nc(-c5ccccc5)c5ccccc5n4)cc3c3cccc(c32)O1. The topological polar surface area (TPSA) is 44.9 Å². The lowest BCUT2D eigenvalue weighted by Crippen LogP contribution is -2.08. The van der Waals surface area contributed by atoms with Crippen molar-refractivity contribution in [3.63, 3.8) is 0 Å². The van der Waals surface area contributed by atoms with Gasteiger partial charge in [0.2, 0.25) is 5.95 Å². The lowest BCUT2D eigenvalue weighted by molar-refractivity contribution is 0.443. The smallest absolute Gasteiger partial charge is 0.235 e. The van der Waals surface area contributed by atoms with Crippen LogP contribution in [0.25, 0.3) is 88.5 Å². The minimum Gasteiger partial charge on any atom is -0.453 e. The summed E-state index contributed by atoms with van der Waals surface area (Å²) < 4.78 is 10.8. The molecule has 0 fully saturated rings. The zero-order valence-electron chi connectivity index (χ0n) is 27.3. The summed E-state index contributed by atoms with van der Waals surface area (Å²) in [6, 6.07) is 46.9. The van der Waals surface area contributed by atoms with Crippen molar-refractivity contribution >= 4 is 60.2 Å². The van der Waals surface area contributed by atoms with E-state index in [4.69, 9.17) is 14.7 Å². The normalized spacial score (nSPS) is 13.0. The van der Waals surface area contributed by atoms with Crippen LogP contribution in [0.4, 0.5) is 0 Å². The van der Waals surface area contributed by atoms with Crippen molar-refractivity contribution in [3.05, 3.63) is 164 Å². The summed E-state index contributed by atoms with van der Waals surface area (Å²) >= 11 is 0. The molecule has 9 aromatic rings. The highest BCUT2D eigenvalue weighted by Gasteiger charge is 2.24. The van der Waals surface area contributed by atoms with Gasteiger partial charge in [0.25, 0.3) is 0 Å². The summed E-state index contributed by atoms with van der Waals surface area (Å²) in [6.07, 6.45) is 5.92. The van der Waals surface area contributed by atoms with Crippen molar-refractivity contribution in [1.29, 1.82) is 0 Å². The number of allylic oxidation sites excluding steroid dienone is 4. The van der Waals surface area contributed by atoms with Gasteiger partial charge in [-0.3, -0.25) is 4.57 Å². The Morgan fingerprint density at radius 1 is 0.580 bits per heavy atom. The van der Waals surface area contributed by atoms with Gasteiger partial charge in [0.1, 0.15) is 0 Å². The molecule has 4 heterocycles. The first-order chi connectivity index (χ1) is 24.7. The molecule has 0 spiro atoms. The summed E-state index contributed by atoms with van der Waals surface area (Å²) in [5.74, 6) is 2.24. The predicted octanol–water partition coefficient (Wildman–Crippen LogP) is 11.5. The van der Waals surface area contributed by atoms with Gasteiger partial charge >= 0.3 is 0 Å². The van der Waals surface area contributed by atoms with E-state index >= 15 is 0 Å². The Bertz CT molecular complexity index is 2920. The van der Waals surface area contributed by atoms with Crippen molar-refractivity contribution in [2.75, 3.05) is 0 Å². The summed E-state index contributed by atoms with van der Waals surface area (Å²) in [6.45, 7) is 6.06. The van der Waals surface area contributed by atoms with E-state index in [9.17, 15) is 0 Å². The van der Waals surface area contributed by atoms with Crippen LogP contribution in [-0.4, -0.2) is 19.1 Å². The first kappa shape index (κ1) is 28.3. The molecule has 0 saturated heterocycles. The van der Waals surface area contributed by atoms with Crippen LogP contribution in [0.5, 0.6) is 5.75 Å². The van der Waals surface area contributed by atoms with E-state index in [1.165, 1.54) is 5.39 Å². The van der Waals surface area contributed by atoms with Gasteiger partial charge in [-0.15, -0.1) is 0 Å². The molecule has 10 rings (SSSR count). The third-order valence-corrected chi connectivity index (χ3v) is 9.82. The molecule has 0 bridgehead atoms. The van der Waals surface area contributed by atoms with Gasteiger partial charge in [0.05, 0.1) is 39.0 Å². The largest absolute Gasteiger partial charge is 0.453 e. The fourth-order valence-corrected chi connectivity index (χ4v) is 7.64. The van der Waals surface area contributed by atoms with Crippen LogP contribution in [0.2, 0.25) is 0 Å². The minimum absolute atomic E-state index is 0.656. The highest BCUT2D eigenvalue weighted by atomic mass is 16.5. The Kier molecular flexibility index (Phi) is 6.17. The van der Waals surface area contributed by atoms with Gasteiger partial charge in [-0.05, 0) is 72.7 Å². The average molecular weight is 643 g/mol. The molecule has 0 N–H and O–H groups in total. The Labute approximate surface area is 288 Å². The number of ether oxygens (including phenoxy) is 1. The molecule has 0 saturated carbocycles. The number of aromatic nitrogens is 4. The molecule has 5 nitrogen and oxygen atoms in total. The molecular formula is C45H30N4O.